The van der Waals surface area contributed by atoms with E-state index in [-0.39, 0.29) is 30.0 Å². The van der Waals surface area contributed by atoms with Crippen LogP contribution in [0, 0.1) is 5.92 Å². The monoisotopic (exact) mass is 468 g/mol. The molecule has 0 aromatic heterocycles. The van der Waals surface area contributed by atoms with Gasteiger partial charge >= 0.3 is 12.1 Å². The van der Waals surface area contributed by atoms with Gasteiger partial charge in [-0.2, -0.15) is 0 Å². The normalized spacial score (nSPS) is 17.9. The van der Waals surface area contributed by atoms with Crippen molar-refractivity contribution in [2.75, 3.05) is 11.9 Å². The van der Waals surface area contributed by atoms with Crippen LogP contribution in [-0.4, -0.2) is 35.7 Å². The van der Waals surface area contributed by atoms with Crippen molar-refractivity contribution < 1.29 is 24.2 Å². The molecule has 2 aliphatic rings. The molecule has 35 heavy (non-hydrogen) atoms. The number of ether oxygens (including phenoxy) is 1. The van der Waals surface area contributed by atoms with Crippen molar-refractivity contribution in [3.63, 3.8) is 0 Å². The molecule has 2 aliphatic carbocycles. The Morgan fingerprint density at radius 3 is 2.26 bits per heavy atom. The average molecular weight is 469 g/mol. The van der Waals surface area contributed by atoms with E-state index in [0.717, 1.165) is 11.1 Å². The molecule has 0 aliphatic heterocycles. The smallest absolute Gasteiger partial charge is 0.407 e. The molecule has 3 aromatic rings. The number of amides is 2. The van der Waals surface area contributed by atoms with Crippen molar-refractivity contribution >= 4 is 23.7 Å². The Balaban J connectivity index is 1.14. The summed E-state index contributed by atoms with van der Waals surface area (Å²) in [6.45, 7) is 0.222. The third-order valence-electron chi connectivity index (χ3n) is 6.44. The van der Waals surface area contributed by atoms with E-state index in [2.05, 4.69) is 34.9 Å². The Morgan fingerprint density at radius 2 is 1.57 bits per heavy atom. The number of hydrogen-bond donors (Lipinski definition) is 3. The molecule has 2 atom stereocenters. The van der Waals surface area contributed by atoms with Crippen molar-refractivity contribution in [1.29, 1.82) is 0 Å². The lowest BCUT2D eigenvalue weighted by molar-refractivity contribution is -0.118. The second-order valence-electron chi connectivity index (χ2n) is 8.68. The van der Waals surface area contributed by atoms with Crippen molar-refractivity contribution in [3.05, 3.63) is 102 Å². The standard InChI is InChI=1S/C28H24N2O5/c31-26(29-19-7-5-6-18(15-19)27(32)33)17-12-13-20(14-17)30-28(34)35-16-25-23-10-3-1-8-21(23)22-9-2-4-11-24(22)25/h1-13,15,17,20,25H,14,16H2,(H,29,31)(H,30,34)(H,32,33). The third kappa shape index (κ3) is 4.66. The first-order valence-corrected chi connectivity index (χ1v) is 11.4. The van der Waals surface area contributed by atoms with Gasteiger partial charge in [-0.1, -0.05) is 66.7 Å². The summed E-state index contributed by atoms with van der Waals surface area (Å²) in [5, 5.41) is 14.7. The summed E-state index contributed by atoms with van der Waals surface area (Å²) in [6, 6.07) is 22.0. The first-order chi connectivity index (χ1) is 17.0. The quantitative estimate of drug-likeness (QED) is 0.451. The van der Waals surface area contributed by atoms with Gasteiger partial charge in [0, 0.05) is 11.6 Å². The summed E-state index contributed by atoms with van der Waals surface area (Å²) in [5.74, 6) is -1.79. The van der Waals surface area contributed by atoms with Crippen molar-refractivity contribution in [2.45, 2.75) is 18.4 Å². The molecule has 0 bridgehead atoms. The predicted octanol–water partition coefficient (Wildman–Crippen LogP) is 4.81. The summed E-state index contributed by atoms with van der Waals surface area (Å²) in [4.78, 5) is 36.3. The molecule has 5 rings (SSSR count). The number of carbonyl (C=O) groups is 3. The molecule has 3 N–H and O–H groups in total. The summed E-state index contributed by atoms with van der Waals surface area (Å²) < 4.78 is 5.59. The maximum atomic E-state index is 12.6. The first kappa shape index (κ1) is 22.4. The van der Waals surface area contributed by atoms with Crippen LogP contribution in [0.4, 0.5) is 10.5 Å². The van der Waals surface area contributed by atoms with Crippen LogP contribution in [0.3, 0.4) is 0 Å². The van der Waals surface area contributed by atoms with Crippen LogP contribution < -0.4 is 10.6 Å². The van der Waals surface area contributed by atoms with Gasteiger partial charge in [-0.05, 0) is 46.9 Å². The fraction of sp³-hybridized carbons (Fsp3) is 0.179. The Labute approximate surface area is 202 Å². The van der Waals surface area contributed by atoms with E-state index in [9.17, 15) is 14.4 Å². The summed E-state index contributed by atoms with van der Waals surface area (Å²) in [7, 11) is 0. The van der Waals surface area contributed by atoms with Crippen molar-refractivity contribution in [1.82, 2.24) is 5.32 Å². The predicted molar refractivity (Wildman–Crippen MR) is 131 cm³/mol. The number of aromatic carboxylic acids is 1. The van der Waals surface area contributed by atoms with Crippen LogP contribution in [-0.2, 0) is 9.53 Å². The average Bonchev–Trinajstić information content (AvgIpc) is 3.46. The van der Waals surface area contributed by atoms with E-state index in [0.29, 0.717) is 12.1 Å². The number of alkyl carbamates (subject to hydrolysis) is 1. The van der Waals surface area contributed by atoms with E-state index < -0.39 is 18.0 Å². The summed E-state index contributed by atoms with van der Waals surface area (Å²) in [5.41, 5.74) is 5.13. The number of carboxylic acids is 1. The Morgan fingerprint density at radius 1 is 0.886 bits per heavy atom. The second-order valence-corrected chi connectivity index (χ2v) is 8.68. The largest absolute Gasteiger partial charge is 0.478 e. The lowest BCUT2D eigenvalue weighted by Crippen LogP contribution is -2.35. The van der Waals surface area contributed by atoms with E-state index in [1.54, 1.807) is 24.3 Å². The number of carboxylic acid groups (broad SMARTS) is 1. The van der Waals surface area contributed by atoms with Crippen LogP contribution in [0.5, 0.6) is 0 Å². The fourth-order valence-corrected chi connectivity index (χ4v) is 4.76. The van der Waals surface area contributed by atoms with Gasteiger partial charge in [0.2, 0.25) is 5.91 Å². The molecular weight excluding hydrogens is 444 g/mol. The first-order valence-electron chi connectivity index (χ1n) is 11.4. The van der Waals surface area contributed by atoms with Crippen molar-refractivity contribution in [3.8, 4) is 11.1 Å². The molecule has 0 spiro atoms. The van der Waals surface area contributed by atoms with Gasteiger partial charge in [0.25, 0.3) is 0 Å². The zero-order chi connectivity index (χ0) is 24.4. The number of fused-ring (bicyclic) bond motifs is 3. The van der Waals surface area contributed by atoms with Gasteiger partial charge in [0.05, 0.1) is 17.5 Å². The molecule has 3 aromatic carbocycles. The minimum Gasteiger partial charge on any atom is -0.478 e. The highest BCUT2D eigenvalue weighted by molar-refractivity contribution is 5.96. The van der Waals surface area contributed by atoms with Crippen LogP contribution in [0.25, 0.3) is 11.1 Å². The number of rotatable bonds is 6. The number of nitrogens with one attached hydrogen (secondary N) is 2. The molecule has 7 heteroatoms. The van der Waals surface area contributed by atoms with Gasteiger partial charge in [-0.3, -0.25) is 4.79 Å². The molecule has 2 amide bonds. The van der Waals surface area contributed by atoms with E-state index in [1.807, 2.05) is 24.3 Å². The molecule has 0 fully saturated rings. The minimum atomic E-state index is -1.06. The van der Waals surface area contributed by atoms with Gasteiger partial charge in [0.1, 0.15) is 6.61 Å². The summed E-state index contributed by atoms with van der Waals surface area (Å²) >= 11 is 0. The van der Waals surface area contributed by atoms with Crippen LogP contribution in [0.1, 0.15) is 33.8 Å². The Bertz CT molecular complexity index is 1290. The number of benzene rings is 3. The van der Waals surface area contributed by atoms with E-state index in [4.69, 9.17) is 9.84 Å². The van der Waals surface area contributed by atoms with Crippen LogP contribution >= 0.6 is 0 Å². The maximum absolute atomic E-state index is 12.6. The molecular formula is C28H24N2O5. The van der Waals surface area contributed by atoms with Crippen LogP contribution in [0.15, 0.2) is 84.9 Å². The maximum Gasteiger partial charge on any atom is 0.407 e. The molecule has 0 radical (unpaired) electrons. The van der Waals surface area contributed by atoms with Crippen molar-refractivity contribution in [2.24, 2.45) is 5.92 Å². The van der Waals surface area contributed by atoms with Gasteiger partial charge in [0.15, 0.2) is 0 Å². The Hall–Kier alpha value is -4.39. The fourth-order valence-electron chi connectivity index (χ4n) is 4.76. The third-order valence-corrected chi connectivity index (χ3v) is 6.44. The van der Waals surface area contributed by atoms with E-state index >= 15 is 0 Å². The number of anilines is 1. The molecule has 0 saturated heterocycles. The lowest BCUT2D eigenvalue weighted by Gasteiger charge is -2.17. The van der Waals surface area contributed by atoms with Gasteiger partial charge in [-0.25, -0.2) is 9.59 Å². The molecule has 0 heterocycles. The lowest BCUT2D eigenvalue weighted by atomic mass is 9.98. The molecule has 176 valence electrons. The molecule has 2 unspecified atom stereocenters. The highest BCUT2D eigenvalue weighted by Crippen LogP contribution is 2.44. The summed E-state index contributed by atoms with van der Waals surface area (Å²) in [6.07, 6.45) is 3.38. The minimum absolute atomic E-state index is 0.0210. The topological polar surface area (TPSA) is 105 Å². The highest BCUT2D eigenvalue weighted by Gasteiger charge is 2.30. The second kappa shape index (κ2) is 9.46. The van der Waals surface area contributed by atoms with Gasteiger partial charge in [-0.15, -0.1) is 0 Å². The highest BCUT2D eigenvalue weighted by atomic mass is 16.5. The van der Waals surface area contributed by atoms with Crippen LogP contribution in [0.2, 0.25) is 0 Å². The number of carbonyl (C=O) groups excluding carboxylic acids is 2. The molecule has 0 saturated carbocycles. The number of hydrogen-bond acceptors (Lipinski definition) is 4. The van der Waals surface area contributed by atoms with E-state index in [1.165, 1.54) is 23.3 Å². The zero-order valence-electron chi connectivity index (χ0n) is 18.8. The molecule has 7 nitrogen and oxygen atoms in total. The van der Waals surface area contributed by atoms with Gasteiger partial charge < -0.3 is 20.5 Å². The zero-order valence-corrected chi connectivity index (χ0v) is 18.8. The SMILES string of the molecule is O=C(NC1C=CC(C(=O)Nc2cccc(C(=O)O)c2)C1)OCC1c2ccccc2-c2ccccc21. The Kier molecular flexibility index (Phi) is 6.06.